The summed E-state index contributed by atoms with van der Waals surface area (Å²) in [6.45, 7) is 3.65. The maximum absolute atomic E-state index is 11.1. The zero-order chi connectivity index (χ0) is 10.4. The lowest BCUT2D eigenvalue weighted by molar-refractivity contribution is -0.138. The van der Waals surface area contributed by atoms with Gasteiger partial charge in [0.05, 0.1) is 13.0 Å². The first-order valence-electron chi connectivity index (χ1n) is 4.10. The van der Waals surface area contributed by atoms with Crippen LogP contribution in [0.15, 0.2) is 0 Å². The van der Waals surface area contributed by atoms with Crippen LogP contribution in [0.3, 0.4) is 0 Å². The van der Waals surface area contributed by atoms with Gasteiger partial charge in [0.1, 0.15) is 0 Å². The number of carbonyl (C=O) groups excluding carboxylic acids is 1. The molecule has 0 rings (SSSR count). The third kappa shape index (κ3) is 4.35. The number of hydrogen-bond donors (Lipinski definition) is 1. The topological polar surface area (TPSA) is 66.8 Å². The summed E-state index contributed by atoms with van der Waals surface area (Å²) in [6.07, 6.45) is -0.564. The molecule has 0 fully saturated rings. The van der Waals surface area contributed by atoms with Gasteiger partial charge < -0.3 is 14.7 Å². The van der Waals surface area contributed by atoms with Crippen molar-refractivity contribution >= 4 is 12.1 Å². The molecule has 0 aliphatic heterocycles. The monoisotopic (exact) mass is 189 g/mol. The first-order chi connectivity index (χ1) is 5.99. The molecule has 0 aliphatic carbocycles. The van der Waals surface area contributed by atoms with Gasteiger partial charge in [-0.2, -0.15) is 0 Å². The molecule has 1 unspecified atom stereocenters. The Morgan fingerprint density at radius 1 is 1.54 bits per heavy atom. The summed E-state index contributed by atoms with van der Waals surface area (Å²) in [5.41, 5.74) is 0. The molecule has 0 saturated carbocycles. The van der Waals surface area contributed by atoms with E-state index in [0.29, 0.717) is 6.61 Å². The molecule has 5 heteroatoms. The van der Waals surface area contributed by atoms with Gasteiger partial charge in [-0.15, -0.1) is 0 Å². The highest BCUT2D eigenvalue weighted by atomic mass is 16.6. The quantitative estimate of drug-likeness (QED) is 0.714. The highest BCUT2D eigenvalue weighted by Gasteiger charge is 2.18. The van der Waals surface area contributed by atoms with Crippen molar-refractivity contribution in [3.05, 3.63) is 0 Å². The molecule has 0 bridgehead atoms. The highest BCUT2D eigenvalue weighted by molar-refractivity contribution is 5.71. The molecule has 76 valence electrons. The van der Waals surface area contributed by atoms with E-state index in [1.165, 1.54) is 11.9 Å². The second kappa shape index (κ2) is 5.40. The second-order valence-electron chi connectivity index (χ2n) is 2.76. The minimum Gasteiger partial charge on any atom is -0.481 e. The summed E-state index contributed by atoms with van der Waals surface area (Å²) in [5, 5.41) is 8.47. The molecule has 0 aliphatic rings. The van der Waals surface area contributed by atoms with Crippen LogP contribution in [0.1, 0.15) is 20.3 Å². The fourth-order valence-electron chi connectivity index (χ4n) is 0.795. The highest BCUT2D eigenvalue weighted by Crippen LogP contribution is 2.02. The van der Waals surface area contributed by atoms with Crippen LogP contribution >= 0.6 is 0 Å². The van der Waals surface area contributed by atoms with Crippen LogP contribution in [0, 0.1) is 0 Å². The zero-order valence-corrected chi connectivity index (χ0v) is 8.11. The number of carbonyl (C=O) groups is 2. The van der Waals surface area contributed by atoms with E-state index in [-0.39, 0.29) is 12.5 Å². The van der Waals surface area contributed by atoms with E-state index in [4.69, 9.17) is 9.84 Å². The first-order valence-corrected chi connectivity index (χ1v) is 4.10. The molecule has 0 aromatic carbocycles. The third-order valence-electron chi connectivity index (χ3n) is 1.69. The van der Waals surface area contributed by atoms with Crippen LogP contribution in [-0.2, 0) is 9.53 Å². The number of hydrogen-bond acceptors (Lipinski definition) is 3. The normalized spacial score (nSPS) is 11.9. The summed E-state index contributed by atoms with van der Waals surface area (Å²) in [5.74, 6) is -0.927. The molecule has 0 radical (unpaired) electrons. The van der Waals surface area contributed by atoms with Crippen molar-refractivity contribution in [1.29, 1.82) is 0 Å². The molecule has 0 heterocycles. The van der Waals surface area contributed by atoms with Crippen LogP contribution in [0.2, 0.25) is 0 Å². The summed E-state index contributed by atoms with van der Waals surface area (Å²) < 4.78 is 4.70. The van der Waals surface area contributed by atoms with Gasteiger partial charge in [0.2, 0.25) is 0 Å². The number of aliphatic carboxylic acids is 1. The molecular weight excluding hydrogens is 174 g/mol. The summed E-state index contributed by atoms with van der Waals surface area (Å²) >= 11 is 0. The lowest BCUT2D eigenvalue weighted by atomic mass is 10.2. The maximum atomic E-state index is 11.1. The van der Waals surface area contributed by atoms with Gasteiger partial charge in [0, 0.05) is 13.1 Å². The van der Waals surface area contributed by atoms with Crippen molar-refractivity contribution in [1.82, 2.24) is 4.90 Å². The smallest absolute Gasteiger partial charge is 0.409 e. The van der Waals surface area contributed by atoms with Crippen LogP contribution in [0.4, 0.5) is 4.79 Å². The Bertz CT molecular complexity index is 193. The number of carboxylic acids is 1. The van der Waals surface area contributed by atoms with Crippen LogP contribution in [0.25, 0.3) is 0 Å². The van der Waals surface area contributed by atoms with E-state index in [1.807, 2.05) is 0 Å². The van der Waals surface area contributed by atoms with Crippen molar-refractivity contribution in [2.24, 2.45) is 0 Å². The Labute approximate surface area is 77.3 Å². The number of amides is 1. The van der Waals surface area contributed by atoms with Crippen LogP contribution in [-0.4, -0.2) is 41.8 Å². The Balaban J connectivity index is 4.00. The molecule has 0 saturated heterocycles. The largest absolute Gasteiger partial charge is 0.481 e. The average molecular weight is 189 g/mol. The number of rotatable bonds is 4. The van der Waals surface area contributed by atoms with E-state index >= 15 is 0 Å². The van der Waals surface area contributed by atoms with Gasteiger partial charge in [-0.05, 0) is 13.8 Å². The first kappa shape index (κ1) is 11.7. The predicted octanol–water partition coefficient (Wildman–Crippen LogP) is 0.938. The summed E-state index contributed by atoms with van der Waals surface area (Å²) in [6, 6.07) is -0.350. The Kier molecular flexibility index (Phi) is 4.87. The van der Waals surface area contributed by atoms with Crippen molar-refractivity contribution in [2.45, 2.75) is 26.3 Å². The molecule has 0 aromatic heterocycles. The van der Waals surface area contributed by atoms with Gasteiger partial charge in [0.25, 0.3) is 0 Å². The third-order valence-corrected chi connectivity index (χ3v) is 1.69. The molecule has 0 aromatic rings. The summed E-state index contributed by atoms with van der Waals surface area (Å²) in [4.78, 5) is 22.7. The van der Waals surface area contributed by atoms with Gasteiger partial charge in [0.15, 0.2) is 0 Å². The second-order valence-corrected chi connectivity index (χ2v) is 2.76. The molecule has 5 nitrogen and oxygen atoms in total. The Hall–Kier alpha value is -1.26. The average Bonchev–Trinajstić information content (AvgIpc) is 2.02. The maximum Gasteiger partial charge on any atom is 0.409 e. The van der Waals surface area contributed by atoms with Crippen LogP contribution < -0.4 is 0 Å². The molecule has 1 N–H and O–H groups in total. The number of carboxylic acid groups (broad SMARTS) is 1. The SMILES string of the molecule is CCOC(=O)N(C)C(C)CC(=O)O. The van der Waals surface area contributed by atoms with Gasteiger partial charge in [-0.3, -0.25) is 4.79 Å². The van der Waals surface area contributed by atoms with E-state index < -0.39 is 12.1 Å². The van der Waals surface area contributed by atoms with Crippen LogP contribution in [0.5, 0.6) is 0 Å². The van der Waals surface area contributed by atoms with E-state index in [9.17, 15) is 9.59 Å². The number of nitrogens with zero attached hydrogens (tertiary/aromatic N) is 1. The minimum absolute atomic E-state index is 0.0741. The summed E-state index contributed by atoms with van der Waals surface area (Å²) in [7, 11) is 1.52. The molecular formula is C8H15NO4. The van der Waals surface area contributed by atoms with E-state index in [2.05, 4.69) is 0 Å². The zero-order valence-electron chi connectivity index (χ0n) is 8.11. The standard InChI is InChI=1S/C8H15NO4/c1-4-13-8(12)9(3)6(2)5-7(10)11/h6H,4-5H2,1-3H3,(H,10,11). The lowest BCUT2D eigenvalue weighted by Gasteiger charge is -2.22. The fraction of sp³-hybridized carbons (Fsp3) is 0.750. The van der Waals surface area contributed by atoms with E-state index in [0.717, 1.165) is 0 Å². The lowest BCUT2D eigenvalue weighted by Crippen LogP contribution is -2.36. The van der Waals surface area contributed by atoms with E-state index in [1.54, 1.807) is 13.8 Å². The molecule has 13 heavy (non-hydrogen) atoms. The molecule has 1 amide bonds. The molecule has 0 spiro atoms. The van der Waals surface area contributed by atoms with Gasteiger partial charge >= 0.3 is 12.1 Å². The Morgan fingerprint density at radius 3 is 2.46 bits per heavy atom. The predicted molar refractivity (Wildman–Crippen MR) is 46.5 cm³/mol. The Morgan fingerprint density at radius 2 is 2.08 bits per heavy atom. The van der Waals surface area contributed by atoms with Crippen molar-refractivity contribution in [3.63, 3.8) is 0 Å². The van der Waals surface area contributed by atoms with Crippen molar-refractivity contribution < 1.29 is 19.4 Å². The van der Waals surface area contributed by atoms with Gasteiger partial charge in [-0.1, -0.05) is 0 Å². The fourth-order valence-corrected chi connectivity index (χ4v) is 0.795. The van der Waals surface area contributed by atoms with Crippen molar-refractivity contribution in [3.8, 4) is 0 Å². The van der Waals surface area contributed by atoms with Gasteiger partial charge in [-0.25, -0.2) is 4.79 Å². The minimum atomic E-state index is -0.927. The van der Waals surface area contributed by atoms with Crippen molar-refractivity contribution in [2.75, 3.05) is 13.7 Å². The number of ether oxygens (including phenoxy) is 1. The molecule has 1 atom stereocenters.